The molecule has 4 aromatic rings. The molecule has 186 valence electrons. The average molecular weight is 488 g/mol. The summed E-state index contributed by atoms with van der Waals surface area (Å²) in [5.41, 5.74) is 5.17. The first kappa shape index (κ1) is 24.2. The van der Waals surface area contributed by atoms with Gasteiger partial charge in [0.15, 0.2) is 0 Å². The number of halogens is 1. The van der Waals surface area contributed by atoms with E-state index in [0.717, 1.165) is 47.4 Å². The molecule has 0 radical (unpaired) electrons. The van der Waals surface area contributed by atoms with E-state index >= 15 is 4.39 Å². The molecule has 2 unspecified atom stereocenters. The number of fused-ring (bicyclic) bond motifs is 1. The van der Waals surface area contributed by atoms with Crippen molar-refractivity contribution in [3.8, 4) is 11.3 Å². The normalized spacial score (nSPS) is 15.7. The molecule has 1 saturated heterocycles. The maximum atomic E-state index is 15.2. The van der Waals surface area contributed by atoms with Crippen molar-refractivity contribution in [1.29, 1.82) is 0 Å². The lowest BCUT2D eigenvalue weighted by Gasteiger charge is -2.29. The largest absolute Gasteiger partial charge is 0.378 e. The third-order valence-corrected chi connectivity index (χ3v) is 6.87. The Morgan fingerprint density at radius 2 is 1.78 bits per heavy atom. The highest BCUT2D eigenvalue weighted by atomic mass is 19.1. The molecule has 0 aliphatic carbocycles. The zero-order chi connectivity index (χ0) is 25.1. The van der Waals surface area contributed by atoms with Crippen molar-refractivity contribution in [1.82, 2.24) is 20.2 Å². The summed E-state index contributed by atoms with van der Waals surface area (Å²) in [4.78, 5) is 11.2. The molecule has 1 aliphatic rings. The number of methoxy groups -OCH3 is 1. The molecule has 36 heavy (non-hydrogen) atoms. The van der Waals surface area contributed by atoms with Crippen LogP contribution in [0.5, 0.6) is 0 Å². The average Bonchev–Trinajstić information content (AvgIpc) is 2.94. The number of aromatic nitrogens is 4. The third-order valence-electron chi connectivity index (χ3n) is 6.87. The lowest BCUT2D eigenvalue weighted by Crippen LogP contribution is -2.36. The molecule has 2 atom stereocenters. The molecule has 8 heteroatoms. The second kappa shape index (κ2) is 10.6. The van der Waals surface area contributed by atoms with E-state index in [9.17, 15) is 0 Å². The Balaban J connectivity index is 1.51. The molecule has 1 fully saturated rings. The number of ether oxygens (including phenoxy) is 2. The van der Waals surface area contributed by atoms with E-state index in [1.54, 1.807) is 19.2 Å². The first-order valence-corrected chi connectivity index (χ1v) is 12.3. The summed E-state index contributed by atoms with van der Waals surface area (Å²) in [6, 6.07) is 14.9. The minimum absolute atomic E-state index is 0.333. The number of hydrogen-bond donors (Lipinski definition) is 0. The van der Waals surface area contributed by atoms with Gasteiger partial charge in [0.2, 0.25) is 0 Å². The predicted octanol–water partition coefficient (Wildman–Crippen LogP) is 5.31. The van der Waals surface area contributed by atoms with Crippen molar-refractivity contribution < 1.29 is 13.9 Å². The van der Waals surface area contributed by atoms with E-state index < -0.39 is 6.10 Å². The Kier molecular flexibility index (Phi) is 7.16. The zero-order valence-corrected chi connectivity index (χ0v) is 20.8. The topological polar surface area (TPSA) is 73.3 Å². The molecular formula is C28H30FN5O2. The van der Waals surface area contributed by atoms with Crippen LogP contribution in [-0.4, -0.2) is 53.6 Å². The van der Waals surface area contributed by atoms with Crippen LogP contribution in [0, 0.1) is 5.82 Å². The van der Waals surface area contributed by atoms with Crippen LogP contribution < -0.4 is 4.90 Å². The van der Waals surface area contributed by atoms with E-state index in [1.807, 2.05) is 30.3 Å². The third kappa shape index (κ3) is 4.79. The highest BCUT2D eigenvalue weighted by Crippen LogP contribution is 2.33. The lowest BCUT2D eigenvalue weighted by atomic mass is 9.98. The maximum Gasteiger partial charge on any atom is 0.132 e. The molecule has 7 nitrogen and oxygen atoms in total. The number of benzene rings is 2. The molecule has 0 bridgehead atoms. The van der Waals surface area contributed by atoms with Crippen molar-refractivity contribution in [3.05, 3.63) is 77.6 Å². The van der Waals surface area contributed by atoms with E-state index in [-0.39, 0.29) is 5.82 Å². The van der Waals surface area contributed by atoms with Gasteiger partial charge >= 0.3 is 0 Å². The SMILES string of the molecule is CCC(C)c1ccc(C(OC)c2ccc(F)c(-c3ncnc4cc(N5CCOCC5)ccc34)c2)nn1. The molecule has 0 N–H and O–H groups in total. The maximum absolute atomic E-state index is 15.2. The summed E-state index contributed by atoms with van der Waals surface area (Å²) in [5, 5.41) is 9.60. The lowest BCUT2D eigenvalue weighted by molar-refractivity contribution is 0.122. The number of nitrogens with zero attached hydrogens (tertiary/aromatic N) is 5. The van der Waals surface area contributed by atoms with E-state index in [2.05, 4.69) is 38.9 Å². The van der Waals surface area contributed by atoms with Gasteiger partial charge in [-0.2, -0.15) is 10.2 Å². The van der Waals surface area contributed by atoms with Gasteiger partial charge in [0.05, 0.1) is 35.8 Å². The van der Waals surface area contributed by atoms with Crippen LogP contribution in [0.25, 0.3) is 22.2 Å². The monoisotopic (exact) mass is 487 g/mol. The van der Waals surface area contributed by atoms with E-state index in [1.165, 1.54) is 12.4 Å². The van der Waals surface area contributed by atoms with Gasteiger partial charge in [-0.3, -0.25) is 0 Å². The minimum Gasteiger partial charge on any atom is -0.378 e. The first-order valence-electron chi connectivity index (χ1n) is 12.3. The highest BCUT2D eigenvalue weighted by Gasteiger charge is 2.20. The van der Waals surface area contributed by atoms with Crippen LogP contribution in [0.2, 0.25) is 0 Å². The Hall–Kier alpha value is -3.49. The highest BCUT2D eigenvalue weighted by molar-refractivity contribution is 5.94. The number of anilines is 1. The van der Waals surface area contributed by atoms with E-state index in [4.69, 9.17) is 9.47 Å². The molecular weight excluding hydrogens is 457 g/mol. The summed E-state index contributed by atoms with van der Waals surface area (Å²) < 4.78 is 26.4. The zero-order valence-electron chi connectivity index (χ0n) is 20.8. The van der Waals surface area contributed by atoms with Crippen molar-refractivity contribution in [3.63, 3.8) is 0 Å². The quantitative estimate of drug-likeness (QED) is 0.350. The van der Waals surface area contributed by atoms with Crippen LogP contribution in [0.3, 0.4) is 0 Å². The van der Waals surface area contributed by atoms with Gasteiger partial charge in [-0.25, -0.2) is 14.4 Å². The standard InChI is InChI=1S/C28H30FN5O2/c1-4-18(2)24-9-10-25(33-32-24)28(35-3)19-5-8-23(29)22(15-19)27-21-7-6-20(16-26(21)30-17-31-27)34-11-13-36-14-12-34/h5-10,15-18,28H,4,11-14H2,1-3H3. The van der Waals surface area contributed by atoms with Gasteiger partial charge in [0.25, 0.3) is 0 Å². The van der Waals surface area contributed by atoms with Gasteiger partial charge in [-0.05, 0) is 60.4 Å². The number of rotatable bonds is 7. The second-order valence-electron chi connectivity index (χ2n) is 9.07. The Morgan fingerprint density at radius 3 is 2.50 bits per heavy atom. The molecule has 3 heterocycles. The van der Waals surface area contributed by atoms with Crippen LogP contribution in [0.4, 0.5) is 10.1 Å². The predicted molar refractivity (Wildman–Crippen MR) is 138 cm³/mol. The second-order valence-corrected chi connectivity index (χ2v) is 9.07. The first-order chi connectivity index (χ1) is 17.6. The fourth-order valence-corrected chi connectivity index (χ4v) is 4.56. The van der Waals surface area contributed by atoms with Crippen molar-refractivity contribution in [2.75, 3.05) is 38.3 Å². The fraction of sp³-hybridized carbons (Fsp3) is 0.357. The van der Waals surface area contributed by atoms with Gasteiger partial charge < -0.3 is 14.4 Å². The number of morpholine rings is 1. The number of hydrogen-bond acceptors (Lipinski definition) is 7. The summed E-state index contributed by atoms with van der Waals surface area (Å²) in [5.74, 6) is -0.0242. The van der Waals surface area contributed by atoms with Crippen molar-refractivity contribution in [2.24, 2.45) is 0 Å². The van der Waals surface area contributed by atoms with Crippen LogP contribution in [0.1, 0.15) is 49.2 Å². The molecule has 5 rings (SSSR count). The van der Waals surface area contributed by atoms with Crippen molar-refractivity contribution in [2.45, 2.75) is 32.3 Å². The Labute approximate surface area is 210 Å². The molecule has 2 aromatic heterocycles. The Bertz CT molecular complexity index is 1340. The van der Waals surface area contributed by atoms with Crippen molar-refractivity contribution >= 4 is 16.6 Å². The molecule has 0 saturated carbocycles. The Morgan fingerprint density at radius 1 is 1.00 bits per heavy atom. The summed E-state index contributed by atoms with van der Waals surface area (Å²) in [6.45, 7) is 7.32. The molecule has 0 amide bonds. The van der Waals surface area contributed by atoms with E-state index in [0.29, 0.717) is 36.1 Å². The summed E-state index contributed by atoms with van der Waals surface area (Å²) >= 11 is 0. The fourth-order valence-electron chi connectivity index (χ4n) is 4.56. The van der Waals surface area contributed by atoms with Crippen LogP contribution in [0.15, 0.2) is 54.9 Å². The van der Waals surface area contributed by atoms with Gasteiger partial charge in [-0.1, -0.05) is 19.9 Å². The molecule has 0 spiro atoms. The molecule has 2 aromatic carbocycles. The summed E-state index contributed by atoms with van der Waals surface area (Å²) in [6.07, 6.45) is 1.99. The van der Waals surface area contributed by atoms with Gasteiger partial charge in [0, 0.05) is 36.8 Å². The smallest absolute Gasteiger partial charge is 0.132 e. The summed E-state index contributed by atoms with van der Waals surface area (Å²) in [7, 11) is 1.62. The van der Waals surface area contributed by atoms with Crippen LogP contribution in [-0.2, 0) is 9.47 Å². The van der Waals surface area contributed by atoms with Gasteiger partial charge in [-0.15, -0.1) is 0 Å². The van der Waals surface area contributed by atoms with Crippen LogP contribution >= 0.6 is 0 Å². The minimum atomic E-state index is -0.483. The molecule has 1 aliphatic heterocycles. The van der Waals surface area contributed by atoms with Gasteiger partial charge in [0.1, 0.15) is 18.2 Å².